The Labute approximate surface area is 175 Å². The van der Waals surface area contributed by atoms with Crippen molar-refractivity contribution in [2.24, 2.45) is 0 Å². The fourth-order valence-corrected chi connectivity index (χ4v) is 5.48. The van der Waals surface area contributed by atoms with Crippen LogP contribution >= 0.6 is 34.9 Å². The smallest absolute Gasteiger partial charge is 0.333 e. The summed E-state index contributed by atoms with van der Waals surface area (Å²) in [6.45, 7) is 2.60. The highest BCUT2D eigenvalue weighted by Crippen LogP contribution is 2.41. The Bertz CT molecular complexity index is 890. The van der Waals surface area contributed by atoms with Gasteiger partial charge in [-0.05, 0) is 31.2 Å². The molecule has 10 heteroatoms. The quantitative estimate of drug-likeness (QED) is 0.356. The molecule has 1 aliphatic carbocycles. The topological polar surface area (TPSA) is 77.3 Å². The van der Waals surface area contributed by atoms with Crippen LogP contribution in [0.25, 0.3) is 10.7 Å². The second-order valence-corrected chi connectivity index (χ2v) is 9.31. The maximum atomic E-state index is 12.2. The fourth-order valence-electron chi connectivity index (χ4n) is 2.89. The summed E-state index contributed by atoms with van der Waals surface area (Å²) in [5.41, 5.74) is 0. The molecule has 0 aromatic carbocycles. The Hall–Kier alpha value is -1.78. The molecule has 0 N–H and O–H groups in total. The summed E-state index contributed by atoms with van der Waals surface area (Å²) in [6, 6.07) is 4.55. The lowest BCUT2D eigenvalue weighted by Gasteiger charge is -2.16. The van der Waals surface area contributed by atoms with E-state index in [1.807, 2.05) is 11.4 Å². The number of thiophene rings is 1. The zero-order valence-electron chi connectivity index (χ0n) is 15.4. The third-order valence-electron chi connectivity index (χ3n) is 4.30. The van der Waals surface area contributed by atoms with E-state index in [0.717, 1.165) is 28.7 Å². The first kappa shape index (κ1) is 19.5. The Balaban J connectivity index is 1.42. The number of thioether (sulfide) groups is 2. The molecule has 7 nitrogen and oxygen atoms in total. The summed E-state index contributed by atoms with van der Waals surface area (Å²) in [5.74, 6) is 1.57. The highest BCUT2D eigenvalue weighted by Gasteiger charge is 2.31. The summed E-state index contributed by atoms with van der Waals surface area (Å²) >= 11 is 4.64. The molecule has 1 saturated heterocycles. The van der Waals surface area contributed by atoms with Crippen LogP contribution in [0.2, 0.25) is 0 Å². The van der Waals surface area contributed by atoms with Crippen molar-refractivity contribution in [1.29, 1.82) is 0 Å². The molecule has 0 atom stereocenters. The summed E-state index contributed by atoms with van der Waals surface area (Å²) in [4.78, 5) is 26.7. The molecule has 2 aromatic rings. The maximum absolute atomic E-state index is 12.2. The van der Waals surface area contributed by atoms with Gasteiger partial charge in [-0.25, -0.2) is 4.79 Å². The molecule has 1 saturated carbocycles. The van der Waals surface area contributed by atoms with Gasteiger partial charge in [0.15, 0.2) is 11.0 Å². The van der Waals surface area contributed by atoms with Crippen LogP contribution in [0, 0.1) is 0 Å². The number of ether oxygens (including phenoxy) is 1. The van der Waals surface area contributed by atoms with Crippen LogP contribution in [0.1, 0.15) is 25.8 Å². The zero-order chi connectivity index (χ0) is 19.5. The van der Waals surface area contributed by atoms with Gasteiger partial charge in [0.05, 0.1) is 28.3 Å². The number of carbonyl (C=O) groups is 2. The molecule has 148 valence electrons. The fraction of sp³-hybridized carbons (Fsp3) is 0.444. The molecule has 0 spiro atoms. The molecule has 0 unspecified atom stereocenters. The Morgan fingerprint density at radius 2 is 2.29 bits per heavy atom. The molecule has 2 aliphatic rings. The van der Waals surface area contributed by atoms with E-state index in [1.165, 1.54) is 17.8 Å². The van der Waals surface area contributed by atoms with E-state index in [2.05, 4.69) is 20.8 Å². The van der Waals surface area contributed by atoms with E-state index >= 15 is 0 Å². The Morgan fingerprint density at radius 3 is 3.00 bits per heavy atom. The van der Waals surface area contributed by atoms with Crippen molar-refractivity contribution < 1.29 is 14.3 Å². The standard InChI is InChI=1S/C18H20N4O3S3/c1-2-25-16(24)10-15-21(14(23)11-28-15)7-9-27-18-20-19-17(13-4-3-8-26-13)22(18)12-5-6-12/h3-4,8,10,12H,2,5-7,9,11H2,1H3/b15-10-. The van der Waals surface area contributed by atoms with E-state index in [0.29, 0.717) is 35.7 Å². The van der Waals surface area contributed by atoms with Crippen LogP contribution < -0.4 is 0 Å². The third kappa shape index (κ3) is 4.28. The van der Waals surface area contributed by atoms with Gasteiger partial charge in [0.2, 0.25) is 5.91 Å². The first-order valence-corrected chi connectivity index (χ1v) is 12.0. The normalized spacial score (nSPS) is 18.2. The molecule has 1 amide bonds. The van der Waals surface area contributed by atoms with E-state index < -0.39 is 5.97 Å². The lowest BCUT2D eigenvalue weighted by molar-refractivity contribution is -0.137. The minimum atomic E-state index is -0.411. The van der Waals surface area contributed by atoms with Crippen LogP contribution in [0.5, 0.6) is 0 Å². The predicted molar refractivity (Wildman–Crippen MR) is 111 cm³/mol. The van der Waals surface area contributed by atoms with Crippen LogP contribution in [0.15, 0.2) is 33.8 Å². The molecule has 4 rings (SSSR count). The third-order valence-corrected chi connectivity index (χ3v) is 7.12. The van der Waals surface area contributed by atoms with Crippen molar-refractivity contribution in [2.45, 2.75) is 31.0 Å². The van der Waals surface area contributed by atoms with Crippen molar-refractivity contribution in [3.63, 3.8) is 0 Å². The summed E-state index contributed by atoms with van der Waals surface area (Å²) in [6.07, 6.45) is 3.71. The van der Waals surface area contributed by atoms with Gasteiger partial charge in [0.25, 0.3) is 0 Å². The molecule has 3 heterocycles. The highest BCUT2D eigenvalue weighted by atomic mass is 32.2. The molecular weight excluding hydrogens is 416 g/mol. The van der Waals surface area contributed by atoms with Gasteiger partial charge in [-0.2, -0.15) is 0 Å². The van der Waals surface area contributed by atoms with E-state index in [4.69, 9.17) is 4.74 Å². The van der Waals surface area contributed by atoms with Crippen LogP contribution in [-0.2, 0) is 14.3 Å². The lowest BCUT2D eigenvalue weighted by atomic mass is 10.4. The van der Waals surface area contributed by atoms with Gasteiger partial charge in [0, 0.05) is 18.3 Å². The second-order valence-electron chi connectivity index (χ2n) is 6.30. The number of hydrogen-bond acceptors (Lipinski definition) is 8. The number of nitrogens with zero attached hydrogens (tertiary/aromatic N) is 4. The second kappa shape index (κ2) is 8.71. The van der Waals surface area contributed by atoms with Crippen molar-refractivity contribution in [2.75, 3.05) is 24.7 Å². The zero-order valence-corrected chi connectivity index (χ0v) is 17.8. The van der Waals surface area contributed by atoms with Gasteiger partial charge < -0.3 is 9.64 Å². The number of hydrogen-bond donors (Lipinski definition) is 0. The summed E-state index contributed by atoms with van der Waals surface area (Å²) in [7, 11) is 0. The Morgan fingerprint density at radius 1 is 1.43 bits per heavy atom. The predicted octanol–water partition coefficient (Wildman–Crippen LogP) is 3.41. The molecule has 2 fully saturated rings. The van der Waals surface area contributed by atoms with Crippen LogP contribution in [0.4, 0.5) is 0 Å². The van der Waals surface area contributed by atoms with Crippen LogP contribution in [0.3, 0.4) is 0 Å². The van der Waals surface area contributed by atoms with Crippen molar-refractivity contribution in [1.82, 2.24) is 19.7 Å². The maximum Gasteiger partial charge on any atom is 0.333 e. The van der Waals surface area contributed by atoms with Gasteiger partial charge >= 0.3 is 5.97 Å². The first-order valence-electron chi connectivity index (χ1n) is 9.10. The molecule has 2 aromatic heterocycles. The van der Waals surface area contributed by atoms with Crippen molar-refractivity contribution in [3.8, 4) is 10.7 Å². The molecular formula is C18H20N4O3S3. The number of rotatable bonds is 8. The van der Waals surface area contributed by atoms with Crippen LogP contribution in [-0.4, -0.2) is 56.2 Å². The van der Waals surface area contributed by atoms with Crippen molar-refractivity contribution >= 4 is 46.7 Å². The summed E-state index contributed by atoms with van der Waals surface area (Å²) in [5, 5.41) is 12.4. The lowest BCUT2D eigenvalue weighted by Crippen LogP contribution is -2.27. The molecule has 0 radical (unpaired) electrons. The Kier molecular flexibility index (Phi) is 6.07. The highest BCUT2D eigenvalue weighted by molar-refractivity contribution is 8.04. The van der Waals surface area contributed by atoms with Gasteiger partial charge in [-0.3, -0.25) is 9.36 Å². The minimum absolute atomic E-state index is 0.0177. The largest absolute Gasteiger partial charge is 0.463 e. The molecule has 0 bridgehead atoms. The molecule has 28 heavy (non-hydrogen) atoms. The minimum Gasteiger partial charge on any atom is -0.463 e. The number of aromatic nitrogens is 3. The number of amides is 1. The average molecular weight is 437 g/mol. The van der Waals surface area contributed by atoms with Crippen molar-refractivity contribution in [3.05, 3.63) is 28.6 Å². The van der Waals surface area contributed by atoms with Gasteiger partial charge in [-0.15, -0.1) is 21.5 Å². The average Bonchev–Trinajstić information content (AvgIpc) is 3.05. The SMILES string of the molecule is CCOC(=O)/C=C1\SCC(=O)N1CCSc1nnc(-c2cccs2)n1C1CC1. The number of carbonyl (C=O) groups excluding carboxylic acids is 2. The number of esters is 1. The van der Waals surface area contributed by atoms with Gasteiger partial charge in [-0.1, -0.05) is 29.6 Å². The van der Waals surface area contributed by atoms with E-state index in [-0.39, 0.29) is 5.91 Å². The molecule has 1 aliphatic heterocycles. The monoisotopic (exact) mass is 436 g/mol. The first-order chi connectivity index (χ1) is 13.7. The van der Waals surface area contributed by atoms with E-state index in [9.17, 15) is 9.59 Å². The van der Waals surface area contributed by atoms with Gasteiger partial charge in [0.1, 0.15) is 0 Å². The van der Waals surface area contributed by atoms with E-state index in [1.54, 1.807) is 34.9 Å². The summed E-state index contributed by atoms with van der Waals surface area (Å²) < 4.78 is 7.18.